The van der Waals surface area contributed by atoms with E-state index in [1.807, 2.05) is 0 Å². The van der Waals surface area contributed by atoms with E-state index in [1.165, 1.54) is 6.21 Å². The van der Waals surface area contributed by atoms with Crippen molar-refractivity contribution in [3.63, 3.8) is 0 Å². The molecule has 2 rings (SSSR count). The molecule has 2 aromatic rings. The van der Waals surface area contributed by atoms with Crippen LogP contribution in [0.3, 0.4) is 0 Å². The van der Waals surface area contributed by atoms with Gasteiger partial charge in [0.2, 0.25) is 4.77 Å². The molecule has 0 amide bonds. The van der Waals surface area contributed by atoms with Crippen molar-refractivity contribution >= 4 is 24.4 Å². The predicted molar refractivity (Wildman–Crippen MR) is 66.9 cm³/mol. The van der Waals surface area contributed by atoms with E-state index < -0.39 is 0 Å². The van der Waals surface area contributed by atoms with Crippen LogP contribution < -0.4 is 11.3 Å². The van der Waals surface area contributed by atoms with E-state index in [0.29, 0.717) is 5.56 Å². The summed E-state index contributed by atoms with van der Waals surface area (Å²) in [6, 6.07) is 6.81. The van der Waals surface area contributed by atoms with Crippen LogP contribution in [0.2, 0.25) is 0 Å². The Morgan fingerprint density at radius 1 is 1.53 bits per heavy atom. The maximum Gasteiger partial charge on any atom is 0.262 e. The van der Waals surface area contributed by atoms with E-state index in [-0.39, 0.29) is 16.5 Å². The van der Waals surface area contributed by atoms with Gasteiger partial charge in [-0.15, -0.1) is 5.10 Å². The SMILES string of the molecule is Nn1c(N/N=C/c2ccccc2O)n[nH]c1=S. The summed E-state index contributed by atoms with van der Waals surface area (Å²) in [4.78, 5) is 0. The highest BCUT2D eigenvalue weighted by Gasteiger charge is 2.00. The lowest BCUT2D eigenvalue weighted by atomic mass is 10.2. The fourth-order valence-electron chi connectivity index (χ4n) is 1.14. The molecule has 0 radical (unpaired) electrons. The van der Waals surface area contributed by atoms with Crippen molar-refractivity contribution in [2.75, 3.05) is 11.3 Å². The Morgan fingerprint density at radius 3 is 2.94 bits per heavy atom. The van der Waals surface area contributed by atoms with E-state index in [4.69, 9.17) is 18.1 Å². The summed E-state index contributed by atoms with van der Waals surface area (Å²) in [6.07, 6.45) is 1.45. The van der Waals surface area contributed by atoms with Gasteiger partial charge in [-0.25, -0.2) is 10.5 Å². The number of phenolic OH excluding ortho intramolecular Hbond substituents is 1. The summed E-state index contributed by atoms with van der Waals surface area (Å²) in [5, 5.41) is 19.7. The Kier molecular flexibility index (Phi) is 3.06. The Balaban J connectivity index is 2.11. The van der Waals surface area contributed by atoms with Gasteiger partial charge in [0.05, 0.1) is 6.21 Å². The second-order valence-electron chi connectivity index (χ2n) is 3.15. The number of anilines is 1. The summed E-state index contributed by atoms with van der Waals surface area (Å²) in [6.45, 7) is 0. The van der Waals surface area contributed by atoms with Gasteiger partial charge in [0, 0.05) is 5.56 Å². The molecule has 1 aromatic heterocycles. The van der Waals surface area contributed by atoms with E-state index in [1.54, 1.807) is 24.3 Å². The number of para-hydroxylation sites is 1. The molecule has 1 aromatic carbocycles. The molecule has 7 nitrogen and oxygen atoms in total. The van der Waals surface area contributed by atoms with Crippen molar-refractivity contribution in [3.05, 3.63) is 34.6 Å². The zero-order valence-electron chi connectivity index (χ0n) is 8.66. The van der Waals surface area contributed by atoms with Crippen LogP contribution >= 0.6 is 12.2 Å². The number of phenols is 1. The molecule has 8 heteroatoms. The molecular weight excluding hydrogens is 240 g/mol. The third-order valence-corrected chi connectivity index (χ3v) is 2.30. The molecule has 0 saturated heterocycles. The molecule has 17 heavy (non-hydrogen) atoms. The van der Waals surface area contributed by atoms with E-state index in [0.717, 1.165) is 4.68 Å². The van der Waals surface area contributed by atoms with Gasteiger partial charge in [-0.3, -0.25) is 0 Å². The van der Waals surface area contributed by atoms with Crippen LogP contribution in [-0.4, -0.2) is 26.2 Å². The van der Waals surface area contributed by atoms with Crippen LogP contribution in [0.25, 0.3) is 0 Å². The molecule has 0 spiro atoms. The molecule has 5 N–H and O–H groups in total. The molecule has 0 aliphatic heterocycles. The average molecular weight is 250 g/mol. The normalized spacial score (nSPS) is 10.8. The lowest BCUT2D eigenvalue weighted by molar-refractivity contribution is 0.474. The second-order valence-corrected chi connectivity index (χ2v) is 3.54. The average Bonchev–Trinajstić information content (AvgIpc) is 2.63. The van der Waals surface area contributed by atoms with Crippen LogP contribution in [-0.2, 0) is 0 Å². The van der Waals surface area contributed by atoms with E-state index in [2.05, 4.69) is 20.7 Å². The molecule has 0 atom stereocenters. The van der Waals surface area contributed by atoms with Gasteiger partial charge in [-0.05, 0) is 24.4 Å². The molecule has 0 saturated carbocycles. The van der Waals surface area contributed by atoms with Gasteiger partial charge in [0.15, 0.2) is 0 Å². The maximum absolute atomic E-state index is 9.48. The number of hydrogen-bond acceptors (Lipinski definition) is 6. The molecule has 0 aliphatic rings. The number of hydrogen-bond donors (Lipinski definition) is 4. The van der Waals surface area contributed by atoms with Gasteiger partial charge < -0.3 is 10.9 Å². The Hall–Kier alpha value is -2.35. The van der Waals surface area contributed by atoms with Crippen molar-refractivity contribution < 1.29 is 5.11 Å². The molecule has 0 fully saturated rings. The fraction of sp³-hybridized carbons (Fsp3) is 0. The molecule has 1 heterocycles. The second kappa shape index (κ2) is 4.66. The topological polar surface area (TPSA) is 104 Å². The monoisotopic (exact) mass is 250 g/mol. The fourth-order valence-corrected chi connectivity index (χ4v) is 1.27. The quantitative estimate of drug-likeness (QED) is 0.279. The first-order valence-corrected chi connectivity index (χ1v) is 5.09. The first-order valence-electron chi connectivity index (χ1n) is 4.68. The number of nitrogen functional groups attached to an aromatic ring is 1. The first kappa shape index (κ1) is 11.1. The number of aromatic nitrogens is 3. The minimum atomic E-state index is 0.143. The zero-order valence-corrected chi connectivity index (χ0v) is 9.48. The van der Waals surface area contributed by atoms with Crippen LogP contribution in [0.1, 0.15) is 5.56 Å². The van der Waals surface area contributed by atoms with Crippen molar-refractivity contribution in [3.8, 4) is 5.75 Å². The van der Waals surface area contributed by atoms with Crippen LogP contribution in [0.15, 0.2) is 29.4 Å². The predicted octanol–water partition coefficient (Wildman–Crippen LogP) is 0.806. The maximum atomic E-state index is 9.48. The standard InChI is InChI=1S/C9H10N6OS/c10-15-8(13-14-9(15)17)12-11-5-6-3-1-2-4-7(6)16/h1-5,16H,10H2,(H,12,13)(H,14,17)/b11-5+. The number of nitrogens with one attached hydrogen (secondary N) is 2. The Bertz CT molecular complexity index is 602. The van der Waals surface area contributed by atoms with Crippen molar-refractivity contribution in [1.29, 1.82) is 0 Å². The van der Waals surface area contributed by atoms with Gasteiger partial charge in [0.25, 0.3) is 5.95 Å². The lowest BCUT2D eigenvalue weighted by Gasteiger charge is -1.99. The number of nitrogens with two attached hydrogens (primary N) is 1. The summed E-state index contributed by atoms with van der Waals surface area (Å²) in [7, 11) is 0. The first-order chi connectivity index (χ1) is 8.18. The van der Waals surface area contributed by atoms with Gasteiger partial charge in [0.1, 0.15) is 5.75 Å². The van der Waals surface area contributed by atoms with Crippen LogP contribution in [0.5, 0.6) is 5.75 Å². The number of aromatic hydroxyl groups is 1. The summed E-state index contributed by atoms with van der Waals surface area (Å²) < 4.78 is 1.43. The van der Waals surface area contributed by atoms with Gasteiger partial charge in [-0.2, -0.15) is 9.78 Å². The summed E-state index contributed by atoms with van der Waals surface area (Å²) in [5.74, 6) is 5.97. The Morgan fingerprint density at radius 2 is 2.29 bits per heavy atom. The van der Waals surface area contributed by atoms with Crippen LogP contribution in [0.4, 0.5) is 5.95 Å². The van der Waals surface area contributed by atoms with Gasteiger partial charge in [-0.1, -0.05) is 12.1 Å². The van der Waals surface area contributed by atoms with Crippen molar-refractivity contribution in [1.82, 2.24) is 14.9 Å². The minimum Gasteiger partial charge on any atom is -0.507 e. The van der Waals surface area contributed by atoms with Crippen LogP contribution in [0, 0.1) is 4.77 Å². The highest BCUT2D eigenvalue weighted by molar-refractivity contribution is 7.71. The summed E-state index contributed by atoms with van der Waals surface area (Å²) >= 11 is 4.83. The number of benzene rings is 1. The molecular formula is C9H10N6OS. The molecule has 0 aliphatic carbocycles. The largest absolute Gasteiger partial charge is 0.507 e. The zero-order chi connectivity index (χ0) is 12.3. The number of aromatic amines is 1. The van der Waals surface area contributed by atoms with Gasteiger partial charge >= 0.3 is 0 Å². The smallest absolute Gasteiger partial charge is 0.262 e. The van der Waals surface area contributed by atoms with E-state index in [9.17, 15) is 5.11 Å². The molecule has 88 valence electrons. The number of rotatable bonds is 3. The molecule has 0 unspecified atom stereocenters. The highest BCUT2D eigenvalue weighted by atomic mass is 32.1. The van der Waals surface area contributed by atoms with E-state index >= 15 is 0 Å². The number of nitrogens with zero attached hydrogens (tertiary/aromatic N) is 3. The third-order valence-electron chi connectivity index (χ3n) is 2.01. The van der Waals surface area contributed by atoms with Crippen molar-refractivity contribution in [2.45, 2.75) is 0 Å². The lowest BCUT2D eigenvalue weighted by Crippen LogP contribution is -2.11. The number of hydrazone groups is 1. The highest BCUT2D eigenvalue weighted by Crippen LogP contribution is 2.12. The Labute approximate surface area is 102 Å². The number of H-pyrrole nitrogens is 1. The minimum absolute atomic E-state index is 0.143. The summed E-state index contributed by atoms with van der Waals surface area (Å²) in [5.41, 5.74) is 3.18. The molecule has 0 bridgehead atoms. The van der Waals surface area contributed by atoms with Crippen molar-refractivity contribution in [2.24, 2.45) is 5.10 Å². The third kappa shape index (κ3) is 2.42.